The first-order chi connectivity index (χ1) is 29.8. The Morgan fingerprint density at radius 1 is 0.597 bits per heavy atom. The molecule has 0 radical (unpaired) electrons. The van der Waals surface area contributed by atoms with Crippen LogP contribution in [-0.4, -0.2) is 92.5 Å². The average Bonchev–Trinajstić information content (AvgIpc) is 3.22. The summed E-state index contributed by atoms with van der Waals surface area (Å²) in [6, 6.07) is 0. The molecule has 4 atom stereocenters. The van der Waals surface area contributed by atoms with Crippen molar-refractivity contribution in [1.29, 1.82) is 0 Å². The maximum Gasteiger partial charge on any atom is 0.306 e. The zero-order valence-corrected chi connectivity index (χ0v) is 39.9. The van der Waals surface area contributed by atoms with Gasteiger partial charge >= 0.3 is 11.9 Å². The molecule has 0 heterocycles. The standard InChI is InChI=1S/C50H84NO10P/c1-6-8-10-12-14-16-18-20-21-22-23-24-25-26-28-30-32-34-36-40-50(55)61-46(45-60-62(56,57)59-43-42-51(3,4)5)44-58-49(54)41-37-39-48(53)47(52)38-35-33-31-29-27-19-17-15-13-11-9-7-2/h9,11,14-17,20-21,23-24,26-29,33,35,46-48,52-53H,6-8,10,12-13,18-19,22,25,30-32,34,36-45H2,1-5H3/b11-9-,16-14-,17-15-,21-20-,24-23-,28-26-,29-27-,35-33-/t46-,47+,48+/m1/s1. The van der Waals surface area contributed by atoms with Crippen LogP contribution in [0.3, 0.4) is 0 Å². The number of phosphoric acid groups is 1. The highest BCUT2D eigenvalue weighted by molar-refractivity contribution is 7.45. The van der Waals surface area contributed by atoms with E-state index in [1.807, 2.05) is 39.4 Å². The molecule has 0 aromatic carbocycles. The van der Waals surface area contributed by atoms with Crippen LogP contribution in [0.25, 0.3) is 0 Å². The van der Waals surface area contributed by atoms with E-state index in [2.05, 4.69) is 92.8 Å². The van der Waals surface area contributed by atoms with Gasteiger partial charge in [0.05, 0.1) is 40.0 Å². The number of hydrogen-bond donors (Lipinski definition) is 2. The van der Waals surface area contributed by atoms with Gasteiger partial charge in [-0.05, 0) is 96.3 Å². The van der Waals surface area contributed by atoms with Gasteiger partial charge in [0.25, 0.3) is 7.82 Å². The lowest BCUT2D eigenvalue weighted by Crippen LogP contribution is -2.37. The van der Waals surface area contributed by atoms with E-state index in [1.54, 1.807) is 0 Å². The lowest BCUT2D eigenvalue weighted by atomic mass is 10.0. The highest BCUT2D eigenvalue weighted by Crippen LogP contribution is 2.38. The number of aliphatic hydroxyl groups is 2. The number of carbonyl (C=O) groups is 2. The normalized spacial score (nSPS) is 15.4. The van der Waals surface area contributed by atoms with Crippen molar-refractivity contribution in [2.24, 2.45) is 0 Å². The number of carbonyl (C=O) groups excluding carboxylic acids is 2. The molecule has 0 aromatic heterocycles. The number of unbranched alkanes of at least 4 members (excludes halogenated alkanes) is 6. The van der Waals surface area contributed by atoms with Crippen LogP contribution in [0.5, 0.6) is 0 Å². The smallest absolute Gasteiger partial charge is 0.306 e. The number of aliphatic hydroxyl groups excluding tert-OH is 2. The largest absolute Gasteiger partial charge is 0.756 e. The summed E-state index contributed by atoms with van der Waals surface area (Å²) in [7, 11) is 0.971. The Hall–Kier alpha value is -3.15. The van der Waals surface area contributed by atoms with Crippen molar-refractivity contribution in [2.75, 3.05) is 47.5 Å². The monoisotopic (exact) mass is 890 g/mol. The van der Waals surface area contributed by atoms with E-state index in [4.69, 9.17) is 18.5 Å². The van der Waals surface area contributed by atoms with E-state index in [0.29, 0.717) is 17.4 Å². The number of rotatable bonds is 40. The summed E-state index contributed by atoms with van der Waals surface area (Å²) >= 11 is 0. The molecule has 0 spiro atoms. The second-order valence-electron chi connectivity index (χ2n) is 16.3. The summed E-state index contributed by atoms with van der Waals surface area (Å²) in [5, 5.41) is 20.7. The van der Waals surface area contributed by atoms with Crippen molar-refractivity contribution in [2.45, 2.75) is 161 Å². The molecule has 0 fully saturated rings. The molecule has 0 aliphatic carbocycles. The predicted molar refractivity (Wildman–Crippen MR) is 252 cm³/mol. The number of likely N-dealkylation sites (N-methyl/N-ethyl adjacent to an activating group) is 1. The molecule has 0 saturated heterocycles. The van der Waals surface area contributed by atoms with Gasteiger partial charge in [-0.15, -0.1) is 0 Å². The maximum absolute atomic E-state index is 12.7. The number of ether oxygens (including phenoxy) is 2. The Morgan fingerprint density at radius 2 is 1.10 bits per heavy atom. The molecule has 0 amide bonds. The number of esters is 2. The summed E-state index contributed by atoms with van der Waals surface area (Å²) in [6.45, 7) is 3.68. The summed E-state index contributed by atoms with van der Waals surface area (Å²) in [6.07, 6.45) is 46.1. The fourth-order valence-corrected chi connectivity index (χ4v) is 6.28. The first kappa shape index (κ1) is 58.9. The molecule has 0 aromatic rings. The van der Waals surface area contributed by atoms with Crippen molar-refractivity contribution in [1.82, 2.24) is 0 Å². The SMILES string of the molecule is CC/C=C\C/C=C\C/C=C\C/C=C\C[C@H](O)[C@@H](O)CCCC(=O)OC[C@H](COP(=O)([O-])OCC[N+](C)(C)C)OC(=O)CCCCC/C=C\C/C=C\C/C=C\C/C=C\CCCCC. The van der Waals surface area contributed by atoms with Crippen LogP contribution in [0.4, 0.5) is 0 Å². The van der Waals surface area contributed by atoms with Crippen molar-refractivity contribution in [3.05, 3.63) is 97.2 Å². The van der Waals surface area contributed by atoms with Gasteiger partial charge in [0.2, 0.25) is 0 Å². The molecule has 62 heavy (non-hydrogen) atoms. The fraction of sp³-hybridized carbons (Fsp3) is 0.640. The van der Waals surface area contributed by atoms with Crippen LogP contribution in [0.1, 0.15) is 142 Å². The summed E-state index contributed by atoms with van der Waals surface area (Å²) in [5.74, 6) is -1.17. The Morgan fingerprint density at radius 3 is 1.63 bits per heavy atom. The molecule has 0 aliphatic heterocycles. The van der Waals surface area contributed by atoms with Crippen molar-refractivity contribution < 1.29 is 52.3 Å². The van der Waals surface area contributed by atoms with Gasteiger partial charge in [0.15, 0.2) is 6.10 Å². The summed E-state index contributed by atoms with van der Waals surface area (Å²) < 4.78 is 33.7. The lowest BCUT2D eigenvalue weighted by Gasteiger charge is -2.28. The predicted octanol–water partition coefficient (Wildman–Crippen LogP) is 10.7. The Balaban J connectivity index is 4.65. The molecule has 11 nitrogen and oxygen atoms in total. The van der Waals surface area contributed by atoms with E-state index in [-0.39, 0.29) is 38.7 Å². The van der Waals surface area contributed by atoms with Gasteiger partial charge in [-0.1, -0.05) is 130 Å². The number of nitrogens with zero attached hydrogens (tertiary/aromatic N) is 1. The third-order valence-electron chi connectivity index (χ3n) is 9.29. The van der Waals surface area contributed by atoms with Crippen LogP contribution >= 0.6 is 7.82 Å². The number of phosphoric ester groups is 1. The van der Waals surface area contributed by atoms with Crippen LogP contribution < -0.4 is 4.89 Å². The van der Waals surface area contributed by atoms with E-state index in [9.17, 15) is 29.3 Å². The van der Waals surface area contributed by atoms with Crippen LogP contribution in [0, 0.1) is 0 Å². The zero-order chi connectivity index (χ0) is 46.0. The second-order valence-corrected chi connectivity index (χ2v) is 17.7. The van der Waals surface area contributed by atoms with Crippen LogP contribution in [0.2, 0.25) is 0 Å². The third-order valence-corrected chi connectivity index (χ3v) is 10.3. The van der Waals surface area contributed by atoms with Gasteiger partial charge in [0.1, 0.15) is 19.8 Å². The number of hydrogen-bond acceptors (Lipinski definition) is 10. The Kier molecular flexibility index (Phi) is 38.5. The second kappa shape index (κ2) is 40.6. The van der Waals surface area contributed by atoms with E-state index >= 15 is 0 Å². The quantitative estimate of drug-likeness (QED) is 0.0200. The zero-order valence-electron chi connectivity index (χ0n) is 39.0. The summed E-state index contributed by atoms with van der Waals surface area (Å²) in [4.78, 5) is 37.7. The highest BCUT2D eigenvalue weighted by Gasteiger charge is 2.22. The highest BCUT2D eigenvalue weighted by atomic mass is 31.2. The van der Waals surface area contributed by atoms with Crippen LogP contribution in [0.15, 0.2) is 97.2 Å². The number of quaternary nitrogens is 1. The molecule has 0 aliphatic rings. The minimum atomic E-state index is -4.71. The Bertz CT molecular complexity index is 1410. The fourth-order valence-electron chi connectivity index (χ4n) is 5.55. The molecule has 0 rings (SSSR count). The molecule has 12 heteroatoms. The third kappa shape index (κ3) is 42.2. The molecular formula is C50H84NO10P. The van der Waals surface area contributed by atoms with E-state index < -0.39 is 51.3 Å². The topological polar surface area (TPSA) is 152 Å². The maximum atomic E-state index is 12.7. The molecule has 0 bridgehead atoms. The first-order valence-electron chi connectivity index (χ1n) is 23.1. The van der Waals surface area contributed by atoms with E-state index in [0.717, 1.165) is 64.2 Å². The molecule has 354 valence electrons. The molecular weight excluding hydrogens is 806 g/mol. The average molecular weight is 890 g/mol. The van der Waals surface area contributed by atoms with Gasteiger partial charge < -0.3 is 38.1 Å². The van der Waals surface area contributed by atoms with Gasteiger partial charge in [-0.2, -0.15) is 0 Å². The molecule has 2 N–H and O–H groups in total. The van der Waals surface area contributed by atoms with E-state index in [1.165, 1.54) is 25.7 Å². The van der Waals surface area contributed by atoms with Crippen LogP contribution in [-0.2, 0) is 32.7 Å². The minimum Gasteiger partial charge on any atom is -0.756 e. The van der Waals surface area contributed by atoms with Gasteiger partial charge in [-0.3, -0.25) is 14.2 Å². The number of allylic oxidation sites excluding steroid dienone is 15. The van der Waals surface area contributed by atoms with Crippen molar-refractivity contribution >= 4 is 19.8 Å². The molecule has 1 unspecified atom stereocenters. The lowest BCUT2D eigenvalue weighted by molar-refractivity contribution is -0.870. The first-order valence-corrected chi connectivity index (χ1v) is 24.6. The van der Waals surface area contributed by atoms with Crippen molar-refractivity contribution in [3.8, 4) is 0 Å². The summed E-state index contributed by atoms with van der Waals surface area (Å²) in [5.41, 5.74) is 0. The molecule has 0 saturated carbocycles. The van der Waals surface area contributed by atoms with Gasteiger partial charge in [0, 0.05) is 12.8 Å². The minimum absolute atomic E-state index is 0.0527. The van der Waals surface area contributed by atoms with Crippen molar-refractivity contribution in [3.63, 3.8) is 0 Å². The van der Waals surface area contributed by atoms with Gasteiger partial charge in [-0.25, -0.2) is 0 Å². The Labute approximate surface area is 376 Å².